The number of aromatic nitrogens is 2. The molecule has 1 saturated heterocycles. The second-order valence-corrected chi connectivity index (χ2v) is 8.51. The zero-order chi connectivity index (χ0) is 24.6. The monoisotopic (exact) mass is 479 g/mol. The molecule has 1 unspecified atom stereocenters. The molecule has 1 aromatic heterocycles. The molecule has 0 bridgehead atoms. The standard InChI is InChI=1S/C26H30FN5O3/c1-3-24(33)29-19-6-5-9-22(15-19)35-25-23(27)16-28-26(31-25)30-20-7-4-8-21(14-20)34-17-18-10-12-32(2)13-11-18/h3-9,14-16,18,24,29,33H,1,10-13,17H2,2H3,(H,28,30,31). The molecule has 4 rings (SSSR count). The third-order valence-corrected chi connectivity index (χ3v) is 5.71. The Morgan fingerprint density at radius 1 is 1.17 bits per heavy atom. The van der Waals surface area contributed by atoms with Crippen LogP contribution in [0.2, 0.25) is 0 Å². The summed E-state index contributed by atoms with van der Waals surface area (Å²) < 4.78 is 26.0. The Hall–Kier alpha value is -3.69. The van der Waals surface area contributed by atoms with Gasteiger partial charge in [0.25, 0.3) is 5.88 Å². The highest BCUT2D eigenvalue weighted by Gasteiger charge is 2.17. The van der Waals surface area contributed by atoms with Gasteiger partial charge in [0.2, 0.25) is 11.8 Å². The maximum Gasteiger partial charge on any atom is 0.260 e. The molecule has 2 aromatic carbocycles. The van der Waals surface area contributed by atoms with Crippen molar-refractivity contribution in [2.75, 3.05) is 37.4 Å². The highest BCUT2D eigenvalue weighted by atomic mass is 19.1. The summed E-state index contributed by atoms with van der Waals surface area (Å²) in [5.41, 5.74) is 1.30. The van der Waals surface area contributed by atoms with Gasteiger partial charge < -0.3 is 30.1 Å². The molecule has 0 aliphatic carbocycles. The smallest absolute Gasteiger partial charge is 0.260 e. The van der Waals surface area contributed by atoms with Crippen LogP contribution >= 0.6 is 0 Å². The Balaban J connectivity index is 1.40. The van der Waals surface area contributed by atoms with Gasteiger partial charge in [0, 0.05) is 23.5 Å². The van der Waals surface area contributed by atoms with E-state index in [1.807, 2.05) is 24.3 Å². The summed E-state index contributed by atoms with van der Waals surface area (Å²) in [6.45, 7) is 6.39. The number of rotatable bonds is 10. The average molecular weight is 480 g/mol. The Bertz CT molecular complexity index is 1140. The normalized spacial score (nSPS) is 15.3. The topological polar surface area (TPSA) is 91.8 Å². The molecule has 9 heteroatoms. The molecular formula is C26H30FN5O3. The van der Waals surface area contributed by atoms with Crippen molar-refractivity contribution in [2.45, 2.75) is 19.1 Å². The summed E-state index contributed by atoms with van der Waals surface area (Å²) in [6.07, 6.45) is 3.75. The number of halogens is 1. The van der Waals surface area contributed by atoms with Crippen molar-refractivity contribution in [3.63, 3.8) is 0 Å². The minimum Gasteiger partial charge on any atom is -0.493 e. The van der Waals surface area contributed by atoms with E-state index in [2.05, 4.69) is 39.1 Å². The summed E-state index contributed by atoms with van der Waals surface area (Å²) in [7, 11) is 2.14. The molecule has 1 aliphatic rings. The van der Waals surface area contributed by atoms with E-state index in [-0.39, 0.29) is 11.8 Å². The van der Waals surface area contributed by atoms with Gasteiger partial charge in [-0.3, -0.25) is 0 Å². The van der Waals surface area contributed by atoms with Gasteiger partial charge in [-0.2, -0.15) is 9.37 Å². The van der Waals surface area contributed by atoms with Crippen LogP contribution in [0.3, 0.4) is 0 Å². The predicted octanol–water partition coefficient (Wildman–Crippen LogP) is 4.79. The van der Waals surface area contributed by atoms with Crippen molar-refractivity contribution in [3.8, 4) is 17.4 Å². The van der Waals surface area contributed by atoms with Crippen molar-refractivity contribution in [1.82, 2.24) is 14.9 Å². The lowest BCUT2D eigenvalue weighted by molar-refractivity contribution is 0.160. The Morgan fingerprint density at radius 2 is 1.89 bits per heavy atom. The number of aliphatic hydroxyl groups is 1. The number of anilines is 3. The van der Waals surface area contributed by atoms with Gasteiger partial charge in [-0.15, -0.1) is 0 Å². The second-order valence-electron chi connectivity index (χ2n) is 8.51. The molecule has 184 valence electrons. The van der Waals surface area contributed by atoms with Crippen LogP contribution in [0.5, 0.6) is 17.4 Å². The Labute approximate surface area is 204 Å². The first-order valence-electron chi connectivity index (χ1n) is 11.5. The minimum absolute atomic E-state index is 0.185. The number of likely N-dealkylation sites (tertiary alicyclic amines) is 1. The zero-order valence-electron chi connectivity index (χ0n) is 19.7. The SMILES string of the molecule is C=CC(O)Nc1cccc(Oc2nc(Nc3cccc(OCC4CCN(C)CC4)c3)ncc2F)c1. The molecule has 1 atom stereocenters. The molecule has 1 fully saturated rings. The van der Waals surface area contributed by atoms with E-state index in [0.29, 0.717) is 29.6 Å². The van der Waals surface area contributed by atoms with Gasteiger partial charge >= 0.3 is 0 Å². The van der Waals surface area contributed by atoms with Crippen LogP contribution in [0.25, 0.3) is 0 Å². The number of ether oxygens (including phenoxy) is 2. The lowest BCUT2D eigenvalue weighted by Crippen LogP contribution is -2.32. The molecule has 3 aromatic rings. The number of benzene rings is 2. The lowest BCUT2D eigenvalue weighted by Gasteiger charge is -2.28. The largest absolute Gasteiger partial charge is 0.493 e. The van der Waals surface area contributed by atoms with Crippen LogP contribution in [0, 0.1) is 11.7 Å². The van der Waals surface area contributed by atoms with Crippen molar-refractivity contribution < 1.29 is 19.0 Å². The van der Waals surface area contributed by atoms with E-state index in [0.717, 1.165) is 37.9 Å². The molecule has 0 amide bonds. The van der Waals surface area contributed by atoms with E-state index in [9.17, 15) is 9.50 Å². The minimum atomic E-state index is -0.916. The summed E-state index contributed by atoms with van der Waals surface area (Å²) in [4.78, 5) is 10.5. The molecule has 0 radical (unpaired) electrons. The fraction of sp³-hybridized carbons (Fsp3) is 0.308. The molecule has 8 nitrogen and oxygen atoms in total. The van der Waals surface area contributed by atoms with Crippen LogP contribution in [0.4, 0.5) is 21.7 Å². The summed E-state index contributed by atoms with van der Waals surface area (Å²) in [6, 6.07) is 14.2. The summed E-state index contributed by atoms with van der Waals surface area (Å²) in [5, 5.41) is 15.6. The lowest BCUT2D eigenvalue weighted by atomic mass is 9.98. The summed E-state index contributed by atoms with van der Waals surface area (Å²) >= 11 is 0. The van der Waals surface area contributed by atoms with Gasteiger partial charge in [-0.25, -0.2) is 4.98 Å². The van der Waals surface area contributed by atoms with Crippen LogP contribution in [0.15, 0.2) is 67.4 Å². The quantitative estimate of drug-likeness (QED) is 0.282. The first kappa shape index (κ1) is 24.4. The molecule has 35 heavy (non-hydrogen) atoms. The van der Waals surface area contributed by atoms with E-state index in [1.54, 1.807) is 24.3 Å². The predicted molar refractivity (Wildman–Crippen MR) is 134 cm³/mol. The van der Waals surface area contributed by atoms with Gasteiger partial charge in [-0.05, 0) is 69.2 Å². The van der Waals surface area contributed by atoms with Crippen molar-refractivity contribution >= 4 is 17.3 Å². The highest BCUT2D eigenvalue weighted by molar-refractivity contribution is 5.56. The van der Waals surface area contributed by atoms with Crippen LogP contribution < -0.4 is 20.1 Å². The van der Waals surface area contributed by atoms with Crippen molar-refractivity contribution in [3.05, 3.63) is 73.2 Å². The van der Waals surface area contributed by atoms with Gasteiger partial charge in [0.05, 0.1) is 12.8 Å². The molecule has 1 aliphatic heterocycles. The first-order valence-corrected chi connectivity index (χ1v) is 11.5. The number of nitrogens with zero attached hydrogens (tertiary/aromatic N) is 3. The van der Waals surface area contributed by atoms with Gasteiger partial charge in [0.1, 0.15) is 17.7 Å². The van der Waals surface area contributed by atoms with Gasteiger partial charge in [0.15, 0.2) is 0 Å². The summed E-state index contributed by atoms with van der Waals surface area (Å²) in [5.74, 6) is 0.911. The average Bonchev–Trinajstić information content (AvgIpc) is 2.86. The van der Waals surface area contributed by atoms with E-state index in [4.69, 9.17) is 9.47 Å². The molecule has 0 spiro atoms. The van der Waals surface area contributed by atoms with E-state index < -0.39 is 12.0 Å². The highest BCUT2D eigenvalue weighted by Crippen LogP contribution is 2.27. The fourth-order valence-electron chi connectivity index (χ4n) is 3.71. The van der Waals surface area contributed by atoms with Gasteiger partial charge in [-0.1, -0.05) is 18.7 Å². The van der Waals surface area contributed by atoms with E-state index in [1.165, 1.54) is 6.08 Å². The third-order valence-electron chi connectivity index (χ3n) is 5.71. The first-order chi connectivity index (χ1) is 17.0. The van der Waals surface area contributed by atoms with Crippen LogP contribution in [-0.4, -0.2) is 52.9 Å². The second kappa shape index (κ2) is 11.6. The number of aliphatic hydroxyl groups excluding tert-OH is 1. The number of hydrogen-bond acceptors (Lipinski definition) is 8. The Kier molecular flexibility index (Phi) is 8.12. The molecule has 3 N–H and O–H groups in total. The van der Waals surface area contributed by atoms with Crippen molar-refractivity contribution in [1.29, 1.82) is 0 Å². The zero-order valence-corrected chi connectivity index (χ0v) is 19.7. The number of piperidine rings is 1. The maximum atomic E-state index is 14.4. The van der Waals surface area contributed by atoms with Crippen LogP contribution in [-0.2, 0) is 0 Å². The molecule has 2 heterocycles. The van der Waals surface area contributed by atoms with E-state index >= 15 is 0 Å². The molecule has 0 saturated carbocycles. The third kappa shape index (κ3) is 7.14. The number of nitrogens with one attached hydrogen (secondary N) is 2. The Morgan fingerprint density at radius 3 is 2.66 bits per heavy atom. The van der Waals surface area contributed by atoms with Crippen LogP contribution in [0.1, 0.15) is 12.8 Å². The maximum absolute atomic E-state index is 14.4. The van der Waals surface area contributed by atoms with Crippen molar-refractivity contribution in [2.24, 2.45) is 5.92 Å². The fourth-order valence-corrected chi connectivity index (χ4v) is 3.71. The number of hydrogen-bond donors (Lipinski definition) is 3. The molecular weight excluding hydrogens is 449 g/mol.